The molecule has 5 atom stereocenters. The molecule has 0 bridgehead atoms. The highest BCUT2D eigenvalue weighted by Crippen LogP contribution is 2.46. The Bertz CT molecular complexity index is 1860. The van der Waals surface area contributed by atoms with Crippen molar-refractivity contribution < 1.29 is 27.5 Å². The van der Waals surface area contributed by atoms with Crippen LogP contribution in [-0.2, 0) is 31.0 Å². The monoisotopic (exact) mass is 705 g/mol. The van der Waals surface area contributed by atoms with Gasteiger partial charge in [0, 0.05) is 18.9 Å². The van der Waals surface area contributed by atoms with Crippen LogP contribution >= 0.6 is 11.3 Å². The fourth-order valence-corrected chi connectivity index (χ4v) is 9.29. The summed E-state index contributed by atoms with van der Waals surface area (Å²) in [5, 5.41) is 6.30. The predicted molar refractivity (Wildman–Crippen MR) is 187 cm³/mol. The number of benzene rings is 2. The number of nitrogens with one attached hydrogen (secondary N) is 3. The molecule has 11 nitrogen and oxygen atoms in total. The Morgan fingerprint density at radius 2 is 1.92 bits per heavy atom. The van der Waals surface area contributed by atoms with E-state index in [1.807, 2.05) is 67.6 Å². The Morgan fingerprint density at radius 1 is 1.10 bits per heavy atom. The van der Waals surface area contributed by atoms with Gasteiger partial charge in [-0.3, -0.25) is 19.1 Å². The zero-order valence-corrected chi connectivity index (χ0v) is 29.2. The van der Waals surface area contributed by atoms with Crippen LogP contribution in [0, 0.1) is 12.8 Å². The number of hydrogen-bond donors (Lipinski definition) is 3. The summed E-state index contributed by atoms with van der Waals surface area (Å²) in [6.07, 6.45) is 9.00. The number of aromatic nitrogens is 1. The second-order valence-corrected chi connectivity index (χ2v) is 16.8. The van der Waals surface area contributed by atoms with E-state index in [0.717, 1.165) is 47.0 Å². The topological polar surface area (TPSA) is 147 Å². The molecule has 13 heteroatoms. The van der Waals surface area contributed by atoms with Crippen LogP contribution in [0.25, 0.3) is 10.2 Å². The molecular formula is C36H43N5O6S2. The van der Waals surface area contributed by atoms with Crippen LogP contribution in [-0.4, -0.2) is 71.5 Å². The molecule has 260 valence electrons. The lowest BCUT2D eigenvalue weighted by atomic mass is 10.0. The van der Waals surface area contributed by atoms with Gasteiger partial charge in [0.1, 0.15) is 17.7 Å². The molecule has 3 aromatic rings. The maximum Gasteiger partial charge on any atom is 0.274 e. The Balaban J connectivity index is 1.16. The fourth-order valence-electron chi connectivity index (χ4n) is 6.94. The fraction of sp³-hybridized carbons (Fsp3) is 0.500. The third kappa shape index (κ3) is 7.53. The molecule has 3 fully saturated rings. The van der Waals surface area contributed by atoms with Crippen LogP contribution < -0.4 is 20.1 Å². The molecule has 2 aromatic carbocycles. The molecule has 3 amide bonds. The number of sulfonamides is 1. The molecule has 2 aliphatic heterocycles. The summed E-state index contributed by atoms with van der Waals surface area (Å²) in [5.41, 5.74) is 1.58. The average molecular weight is 706 g/mol. The van der Waals surface area contributed by atoms with Gasteiger partial charge in [0.2, 0.25) is 21.8 Å². The van der Waals surface area contributed by atoms with Crippen molar-refractivity contribution in [3.8, 4) is 5.19 Å². The van der Waals surface area contributed by atoms with Gasteiger partial charge >= 0.3 is 0 Å². The SMILES string of the molecule is Cc1ccc2nc(O[C@@H]3C[C@H]4C(=O)N[C@]5(C(=O)NS(=O)(=O)C6CC6)C[C@H]5/C=C\CCCCC[C@H](NCc5ccccc5)C(=O)N4C3)sc2c1. The van der Waals surface area contributed by atoms with Crippen molar-refractivity contribution >= 4 is 49.3 Å². The Kier molecular flexibility index (Phi) is 9.51. The maximum absolute atomic E-state index is 14.4. The van der Waals surface area contributed by atoms with E-state index in [2.05, 4.69) is 20.3 Å². The highest BCUT2D eigenvalue weighted by Gasteiger charge is 2.62. The summed E-state index contributed by atoms with van der Waals surface area (Å²) in [6.45, 7) is 2.69. The van der Waals surface area contributed by atoms with E-state index in [0.29, 0.717) is 31.0 Å². The standard InChI is InChI=1S/C36H43N5O6S2/c1-23-14-17-28-31(18-23)48-35(38-28)47-26-19-30-32(42)39-36(34(44)40-49(45,46)27-15-16-27)20-25(36)12-8-3-2-4-9-13-29(33(43)41(30)22-26)37-21-24-10-6-5-7-11-24/h5-8,10-12,14,17-18,25-27,29-30,37H,2-4,9,13,15-16,19-22H2,1H3,(H,39,42)(H,40,44)/b12-8-/t25-,26-,29+,30+,36-/m1/s1. The third-order valence-corrected chi connectivity index (χ3v) is 12.8. The number of allylic oxidation sites excluding steroid dienone is 1. The molecule has 3 N–H and O–H groups in total. The van der Waals surface area contributed by atoms with Crippen LogP contribution in [0.2, 0.25) is 0 Å². The predicted octanol–water partition coefficient (Wildman–Crippen LogP) is 4.12. The molecule has 7 rings (SSSR count). The van der Waals surface area contributed by atoms with Gasteiger partial charge in [0.05, 0.1) is 28.1 Å². The molecule has 1 saturated heterocycles. The summed E-state index contributed by atoms with van der Waals surface area (Å²) in [4.78, 5) is 48.5. The molecule has 2 saturated carbocycles. The summed E-state index contributed by atoms with van der Waals surface area (Å²) in [5.74, 6) is -1.76. The first-order valence-corrected chi connectivity index (χ1v) is 19.6. The Labute approximate surface area is 290 Å². The van der Waals surface area contributed by atoms with Gasteiger partial charge in [-0.05, 0) is 68.7 Å². The number of nitrogens with zero attached hydrogens (tertiary/aromatic N) is 2. The molecule has 0 radical (unpaired) electrons. The van der Waals surface area contributed by atoms with Crippen molar-refractivity contribution in [1.29, 1.82) is 0 Å². The molecule has 4 aliphatic rings. The molecule has 1 aromatic heterocycles. The largest absolute Gasteiger partial charge is 0.465 e. The second kappa shape index (κ2) is 13.8. The molecule has 3 heterocycles. The number of carbonyl (C=O) groups excluding carboxylic acids is 3. The molecule has 0 unspecified atom stereocenters. The first-order valence-electron chi connectivity index (χ1n) is 17.3. The van der Waals surface area contributed by atoms with Gasteiger partial charge in [0.15, 0.2) is 0 Å². The van der Waals surface area contributed by atoms with E-state index < -0.39 is 50.8 Å². The lowest BCUT2D eigenvalue weighted by molar-refractivity contribution is -0.141. The number of aryl methyl sites for hydroxylation is 1. The van der Waals surface area contributed by atoms with Gasteiger partial charge in [-0.25, -0.2) is 13.4 Å². The van der Waals surface area contributed by atoms with Crippen molar-refractivity contribution in [2.24, 2.45) is 5.92 Å². The molecular weight excluding hydrogens is 663 g/mol. The zero-order chi connectivity index (χ0) is 34.2. The summed E-state index contributed by atoms with van der Waals surface area (Å²) < 4.78 is 35.1. The number of hydrogen-bond acceptors (Lipinski definition) is 9. The first-order chi connectivity index (χ1) is 23.6. The Hall–Kier alpha value is -3.81. The van der Waals surface area contributed by atoms with Gasteiger partial charge in [-0.1, -0.05) is 72.7 Å². The van der Waals surface area contributed by atoms with Crippen LogP contribution in [0.3, 0.4) is 0 Å². The lowest BCUT2D eigenvalue weighted by Crippen LogP contribution is -2.58. The number of amides is 3. The van der Waals surface area contributed by atoms with Crippen molar-refractivity contribution in [1.82, 2.24) is 25.2 Å². The van der Waals surface area contributed by atoms with E-state index >= 15 is 0 Å². The van der Waals surface area contributed by atoms with E-state index in [1.54, 1.807) is 4.90 Å². The highest BCUT2D eigenvalue weighted by atomic mass is 32.2. The van der Waals surface area contributed by atoms with E-state index in [-0.39, 0.29) is 31.2 Å². The zero-order valence-electron chi connectivity index (χ0n) is 27.6. The van der Waals surface area contributed by atoms with Crippen molar-refractivity contribution in [2.75, 3.05) is 6.54 Å². The minimum Gasteiger partial charge on any atom is -0.465 e. The minimum atomic E-state index is -3.82. The van der Waals surface area contributed by atoms with Gasteiger partial charge < -0.3 is 20.3 Å². The van der Waals surface area contributed by atoms with Crippen LogP contribution in [0.5, 0.6) is 5.19 Å². The minimum absolute atomic E-state index is 0.175. The van der Waals surface area contributed by atoms with Crippen molar-refractivity contribution in [3.05, 3.63) is 71.8 Å². The van der Waals surface area contributed by atoms with Crippen LogP contribution in [0.1, 0.15) is 68.9 Å². The van der Waals surface area contributed by atoms with Crippen LogP contribution in [0.4, 0.5) is 0 Å². The number of thiazole rings is 1. The Morgan fingerprint density at radius 3 is 2.71 bits per heavy atom. The van der Waals surface area contributed by atoms with E-state index in [4.69, 9.17) is 4.74 Å². The van der Waals surface area contributed by atoms with Gasteiger partial charge in [0.25, 0.3) is 11.1 Å². The summed E-state index contributed by atoms with van der Waals surface area (Å²) >= 11 is 1.42. The summed E-state index contributed by atoms with van der Waals surface area (Å²) in [7, 11) is -3.82. The van der Waals surface area contributed by atoms with E-state index in [1.165, 1.54) is 11.3 Å². The lowest BCUT2D eigenvalue weighted by Gasteiger charge is -2.30. The quantitative estimate of drug-likeness (QED) is 0.297. The highest BCUT2D eigenvalue weighted by molar-refractivity contribution is 7.91. The van der Waals surface area contributed by atoms with Crippen molar-refractivity contribution in [2.45, 2.75) is 100 Å². The summed E-state index contributed by atoms with van der Waals surface area (Å²) in [6, 6.07) is 14.4. The normalized spacial score (nSPS) is 28.5. The molecule has 2 aliphatic carbocycles. The smallest absolute Gasteiger partial charge is 0.274 e. The van der Waals surface area contributed by atoms with E-state index in [9.17, 15) is 22.8 Å². The van der Waals surface area contributed by atoms with Gasteiger partial charge in [-0.15, -0.1) is 0 Å². The maximum atomic E-state index is 14.4. The number of fused-ring (bicyclic) bond motifs is 3. The van der Waals surface area contributed by atoms with Crippen molar-refractivity contribution in [3.63, 3.8) is 0 Å². The second-order valence-electron chi connectivity index (χ2n) is 13.9. The number of rotatable bonds is 8. The molecule has 0 spiro atoms. The van der Waals surface area contributed by atoms with Crippen LogP contribution in [0.15, 0.2) is 60.7 Å². The number of carbonyl (C=O) groups is 3. The van der Waals surface area contributed by atoms with Gasteiger partial charge in [-0.2, -0.15) is 0 Å². The molecule has 49 heavy (non-hydrogen) atoms. The number of ether oxygens (including phenoxy) is 1. The average Bonchev–Trinajstić information content (AvgIpc) is 3.97. The first kappa shape index (κ1) is 33.7. The third-order valence-electron chi connectivity index (χ3n) is 10.0.